The van der Waals surface area contributed by atoms with Gasteiger partial charge in [-0.25, -0.2) is 9.48 Å². The molecule has 1 atom stereocenters. The fourth-order valence-electron chi connectivity index (χ4n) is 2.89. The van der Waals surface area contributed by atoms with Crippen LogP contribution in [0.15, 0.2) is 35.5 Å². The third-order valence-electron chi connectivity index (χ3n) is 4.32. The number of nitrogens with one attached hydrogen (secondary N) is 2. The van der Waals surface area contributed by atoms with Gasteiger partial charge in [-0.15, -0.1) is 5.10 Å². The lowest BCUT2D eigenvalue weighted by molar-refractivity contribution is -0.119. The second kappa shape index (κ2) is 8.79. The average Bonchev–Trinajstić information content (AvgIpc) is 3.32. The number of tetrazole rings is 1. The first-order valence-electron chi connectivity index (χ1n) is 8.70. The Morgan fingerprint density at radius 3 is 2.73 bits per heavy atom. The van der Waals surface area contributed by atoms with Crippen molar-refractivity contribution in [2.24, 2.45) is 0 Å². The molecule has 0 aliphatic heterocycles. The number of hydrogen-bond donors (Lipinski definition) is 2. The monoisotopic (exact) mass is 374 g/mol. The number of hydrogen-bond acceptors (Lipinski definition) is 6. The molecule has 3 rings (SSSR count). The van der Waals surface area contributed by atoms with Crippen molar-refractivity contribution < 1.29 is 9.59 Å². The van der Waals surface area contributed by atoms with Gasteiger partial charge in [-0.05, 0) is 35.8 Å². The molecule has 3 amide bonds. The van der Waals surface area contributed by atoms with E-state index >= 15 is 0 Å². The molecule has 138 valence electrons. The highest BCUT2D eigenvalue weighted by molar-refractivity contribution is 8.00. The van der Waals surface area contributed by atoms with Crippen molar-refractivity contribution in [2.45, 2.75) is 55.6 Å². The Hall–Kier alpha value is -2.42. The van der Waals surface area contributed by atoms with Gasteiger partial charge in [-0.3, -0.25) is 10.1 Å². The lowest BCUT2D eigenvalue weighted by atomic mass is 10.2. The van der Waals surface area contributed by atoms with E-state index in [-0.39, 0.29) is 5.91 Å². The molecule has 0 spiro atoms. The van der Waals surface area contributed by atoms with Crippen LogP contribution in [0.5, 0.6) is 0 Å². The number of thioether (sulfide) groups is 1. The molecule has 1 aliphatic rings. The predicted molar refractivity (Wildman–Crippen MR) is 97.5 cm³/mol. The van der Waals surface area contributed by atoms with Crippen LogP contribution in [0, 0.1) is 0 Å². The number of carbonyl (C=O) groups excluding carboxylic acids is 2. The van der Waals surface area contributed by atoms with Crippen LogP contribution in [0.2, 0.25) is 0 Å². The largest absolute Gasteiger partial charge is 0.334 e. The summed E-state index contributed by atoms with van der Waals surface area (Å²) >= 11 is 1.26. The molecule has 1 heterocycles. The van der Waals surface area contributed by atoms with Crippen LogP contribution in [0.25, 0.3) is 0 Å². The third-order valence-corrected chi connectivity index (χ3v) is 5.36. The number of urea groups is 1. The van der Waals surface area contributed by atoms with Crippen LogP contribution in [0.3, 0.4) is 0 Å². The molecule has 1 aliphatic carbocycles. The smallest absolute Gasteiger partial charge is 0.321 e. The van der Waals surface area contributed by atoms with Gasteiger partial charge < -0.3 is 5.32 Å². The van der Waals surface area contributed by atoms with Crippen molar-refractivity contribution in [1.29, 1.82) is 0 Å². The second-order valence-electron chi connectivity index (χ2n) is 6.26. The maximum absolute atomic E-state index is 12.3. The van der Waals surface area contributed by atoms with Crippen LogP contribution in [0.4, 0.5) is 4.79 Å². The summed E-state index contributed by atoms with van der Waals surface area (Å²) in [5, 5.41) is 17.0. The lowest BCUT2D eigenvalue weighted by Crippen LogP contribution is -2.42. The van der Waals surface area contributed by atoms with Gasteiger partial charge in [-0.1, -0.05) is 54.9 Å². The summed E-state index contributed by atoms with van der Waals surface area (Å²) in [7, 11) is 0. The Kier molecular flexibility index (Phi) is 6.21. The number of imide groups is 1. The normalized spacial score (nSPS) is 15.6. The maximum atomic E-state index is 12.3. The predicted octanol–water partition coefficient (Wildman–Crippen LogP) is 2.29. The minimum absolute atomic E-state index is 0.303. The topological polar surface area (TPSA) is 102 Å². The highest BCUT2D eigenvalue weighted by Gasteiger charge is 2.25. The Morgan fingerprint density at radius 1 is 1.27 bits per heavy atom. The number of carbonyl (C=O) groups is 2. The fraction of sp³-hybridized carbons (Fsp3) is 0.471. The van der Waals surface area contributed by atoms with E-state index in [0.29, 0.717) is 17.7 Å². The van der Waals surface area contributed by atoms with Gasteiger partial charge >= 0.3 is 6.03 Å². The fourth-order valence-corrected chi connectivity index (χ4v) is 3.75. The Balaban J connectivity index is 1.48. The first-order chi connectivity index (χ1) is 12.6. The van der Waals surface area contributed by atoms with E-state index in [1.165, 1.54) is 24.6 Å². The molecule has 0 bridgehead atoms. The molecule has 8 nitrogen and oxygen atoms in total. The van der Waals surface area contributed by atoms with E-state index in [0.717, 1.165) is 18.4 Å². The first kappa shape index (κ1) is 18.4. The van der Waals surface area contributed by atoms with E-state index in [2.05, 4.69) is 26.2 Å². The Labute approximate surface area is 156 Å². The van der Waals surface area contributed by atoms with Gasteiger partial charge in [0.05, 0.1) is 11.3 Å². The molecule has 0 radical (unpaired) electrons. The Morgan fingerprint density at radius 2 is 2.00 bits per heavy atom. The SMILES string of the molecule is CC(Sc1nnnn1C1CCCC1)C(=O)NC(=O)NCc1ccccc1. The van der Waals surface area contributed by atoms with E-state index in [1.807, 2.05) is 30.3 Å². The minimum Gasteiger partial charge on any atom is -0.334 e. The number of rotatable bonds is 6. The molecule has 1 fully saturated rings. The quantitative estimate of drug-likeness (QED) is 0.752. The van der Waals surface area contributed by atoms with Crippen LogP contribution in [-0.2, 0) is 11.3 Å². The van der Waals surface area contributed by atoms with Crippen LogP contribution in [0.1, 0.15) is 44.2 Å². The van der Waals surface area contributed by atoms with Crippen molar-refractivity contribution in [3.8, 4) is 0 Å². The van der Waals surface area contributed by atoms with Crippen molar-refractivity contribution in [2.75, 3.05) is 0 Å². The van der Waals surface area contributed by atoms with Gasteiger partial charge in [0.15, 0.2) is 0 Å². The molecule has 2 aromatic rings. The summed E-state index contributed by atoms with van der Waals surface area (Å²) in [6.07, 6.45) is 4.46. The zero-order valence-corrected chi connectivity index (χ0v) is 15.4. The first-order valence-corrected chi connectivity index (χ1v) is 9.58. The van der Waals surface area contributed by atoms with Crippen molar-refractivity contribution in [1.82, 2.24) is 30.8 Å². The van der Waals surface area contributed by atoms with E-state index in [9.17, 15) is 9.59 Å². The summed E-state index contributed by atoms with van der Waals surface area (Å²) in [5.41, 5.74) is 0.966. The van der Waals surface area contributed by atoms with Gasteiger partial charge in [0, 0.05) is 6.54 Å². The molecule has 1 unspecified atom stereocenters. The van der Waals surface area contributed by atoms with Gasteiger partial charge in [-0.2, -0.15) is 0 Å². The number of aromatic nitrogens is 4. The molecule has 1 aromatic carbocycles. The Bertz CT molecular complexity index is 745. The number of nitrogens with zero attached hydrogens (tertiary/aromatic N) is 4. The highest BCUT2D eigenvalue weighted by atomic mass is 32.2. The molecular weight excluding hydrogens is 352 g/mol. The molecule has 0 saturated heterocycles. The van der Waals surface area contributed by atoms with Gasteiger partial charge in [0.2, 0.25) is 11.1 Å². The van der Waals surface area contributed by atoms with Crippen LogP contribution < -0.4 is 10.6 Å². The molecule has 9 heteroatoms. The molecular formula is C17H22N6O2S. The molecule has 2 N–H and O–H groups in total. The van der Waals surface area contributed by atoms with Crippen molar-refractivity contribution >= 4 is 23.7 Å². The minimum atomic E-state index is -0.512. The summed E-state index contributed by atoms with van der Waals surface area (Å²) in [5.74, 6) is -0.374. The average molecular weight is 374 g/mol. The summed E-state index contributed by atoms with van der Waals surface area (Å²) in [6, 6.07) is 9.30. The zero-order chi connectivity index (χ0) is 18.4. The zero-order valence-electron chi connectivity index (χ0n) is 14.6. The number of benzene rings is 1. The summed E-state index contributed by atoms with van der Waals surface area (Å²) in [4.78, 5) is 24.2. The molecule has 1 aromatic heterocycles. The van der Waals surface area contributed by atoms with E-state index in [1.54, 1.807) is 11.6 Å². The van der Waals surface area contributed by atoms with Crippen LogP contribution in [-0.4, -0.2) is 37.4 Å². The van der Waals surface area contributed by atoms with Gasteiger partial charge in [0.25, 0.3) is 0 Å². The second-order valence-corrected chi connectivity index (χ2v) is 7.57. The van der Waals surface area contributed by atoms with Crippen molar-refractivity contribution in [3.05, 3.63) is 35.9 Å². The third kappa shape index (κ3) is 4.81. The van der Waals surface area contributed by atoms with E-state index in [4.69, 9.17) is 0 Å². The lowest BCUT2D eigenvalue weighted by Gasteiger charge is -2.14. The number of amides is 3. The summed E-state index contributed by atoms with van der Waals surface area (Å²) < 4.78 is 1.80. The molecule has 1 saturated carbocycles. The van der Waals surface area contributed by atoms with E-state index < -0.39 is 11.3 Å². The maximum Gasteiger partial charge on any atom is 0.321 e. The summed E-state index contributed by atoms with van der Waals surface area (Å²) in [6.45, 7) is 2.10. The van der Waals surface area contributed by atoms with Gasteiger partial charge in [0.1, 0.15) is 0 Å². The van der Waals surface area contributed by atoms with Crippen molar-refractivity contribution in [3.63, 3.8) is 0 Å². The standard InChI is InChI=1S/C17H22N6O2S/c1-12(26-17-20-21-22-23(17)14-9-5-6-10-14)15(24)19-16(25)18-11-13-7-3-2-4-8-13/h2-4,7-8,12,14H,5-6,9-11H2,1H3,(H2,18,19,24,25). The van der Waals surface area contributed by atoms with Crippen LogP contribution >= 0.6 is 11.8 Å². The molecule has 26 heavy (non-hydrogen) atoms. The highest BCUT2D eigenvalue weighted by Crippen LogP contribution is 2.32.